The second-order valence-electron chi connectivity index (χ2n) is 5.52. The van der Waals surface area contributed by atoms with E-state index in [0.29, 0.717) is 6.04 Å². The normalized spacial score (nSPS) is 23.9. The maximum atomic E-state index is 6.36. The lowest BCUT2D eigenvalue weighted by molar-refractivity contribution is 0.272. The van der Waals surface area contributed by atoms with Crippen LogP contribution in [0.1, 0.15) is 45.1 Å². The van der Waals surface area contributed by atoms with Crippen molar-refractivity contribution in [1.82, 2.24) is 9.55 Å². The zero-order chi connectivity index (χ0) is 13.4. The molecule has 0 aliphatic heterocycles. The summed E-state index contributed by atoms with van der Waals surface area (Å²) in [5.74, 6) is 0.895. The molecule has 1 saturated carbocycles. The van der Waals surface area contributed by atoms with Gasteiger partial charge in [-0.05, 0) is 56.0 Å². The van der Waals surface area contributed by atoms with Crippen molar-refractivity contribution < 1.29 is 0 Å². The lowest BCUT2D eigenvalue weighted by Crippen LogP contribution is -2.18. The minimum absolute atomic E-state index is 0.504. The van der Waals surface area contributed by atoms with Crippen LogP contribution < -0.4 is 0 Å². The molecule has 0 saturated heterocycles. The molecule has 2 nitrogen and oxygen atoms in total. The van der Waals surface area contributed by atoms with E-state index in [1.54, 1.807) is 0 Å². The van der Waals surface area contributed by atoms with Gasteiger partial charge in [0, 0.05) is 6.04 Å². The third-order valence-corrected chi connectivity index (χ3v) is 5.05. The van der Waals surface area contributed by atoms with Gasteiger partial charge in [-0.25, -0.2) is 0 Å². The Bertz CT molecular complexity index is 635. The summed E-state index contributed by atoms with van der Waals surface area (Å²) in [4.78, 5) is 3.28. The van der Waals surface area contributed by atoms with Crippen molar-refractivity contribution in [2.75, 3.05) is 0 Å². The Morgan fingerprint density at radius 2 is 2.05 bits per heavy atom. The Hall–Kier alpha value is -0.800. The summed E-state index contributed by atoms with van der Waals surface area (Å²) in [6.45, 7) is 2.29. The van der Waals surface area contributed by atoms with Crippen molar-refractivity contribution in [2.24, 2.45) is 5.92 Å². The lowest BCUT2D eigenvalue weighted by atomic mass is 9.84. The first kappa shape index (κ1) is 13.2. The van der Waals surface area contributed by atoms with Crippen molar-refractivity contribution in [3.05, 3.63) is 28.0 Å². The number of aromatic amines is 1. The molecule has 3 rings (SSSR count). The van der Waals surface area contributed by atoms with Gasteiger partial charge in [0.05, 0.1) is 16.1 Å². The second-order valence-corrected chi connectivity index (χ2v) is 6.31. The molecule has 19 heavy (non-hydrogen) atoms. The molecule has 1 N–H and O–H groups in total. The highest BCUT2D eigenvalue weighted by Gasteiger charge is 2.23. The molecule has 0 bridgehead atoms. The predicted octanol–water partition coefficient (Wildman–Crippen LogP) is 5.49. The fraction of sp³-hybridized carbons (Fsp3) is 0.533. The maximum Gasteiger partial charge on any atom is 0.178 e. The van der Waals surface area contributed by atoms with Gasteiger partial charge in [0.25, 0.3) is 0 Å². The van der Waals surface area contributed by atoms with E-state index in [2.05, 4.69) is 16.5 Å². The first-order valence-electron chi connectivity index (χ1n) is 7.09. The molecule has 0 radical (unpaired) electrons. The minimum Gasteiger partial charge on any atom is -0.331 e. The van der Waals surface area contributed by atoms with Crippen LogP contribution in [0.2, 0.25) is 5.02 Å². The van der Waals surface area contributed by atoms with E-state index < -0.39 is 0 Å². The molecule has 2 aromatic rings. The van der Waals surface area contributed by atoms with Gasteiger partial charge in [-0.15, -0.1) is 0 Å². The molecule has 102 valence electrons. The van der Waals surface area contributed by atoms with Crippen LogP contribution in [0.15, 0.2) is 18.2 Å². The van der Waals surface area contributed by atoms with Crippen LogP contribution in [0.5, 0.6) is 0 Å². The molecule has 1 heterocycles. The number of hydrogen-bond donors (Lipinski definition) is 1. The van der Waals surface area contributed by atoms with Gasteiger partial charge >= 0.3 is 0 Å². The van der Waals surface area contributed by atoms with Crippen molar-refractivity contribution in [1.29, 1.82) is 0 Å². The minimum atomic E-state index is 0.504. The number of rotatable bonds is 2. The van der Waals surface area contributed by atoms with Gasteiger partial charge in [0.1, 0.15) is 0 Å². The van der Waals surface area contributed by atoms with Gasteiger partial charge in [0.15, 0.2) is 4.77 Å². The van der Waals surface area contributed by atoms with Crippen LogP contribution in [-0.4, -0.2) is 9.55 Å². The Balaban J connectivity index is 2.01. The maximum absolute atomic E-state index is 6.36. The topological polar surface area (TPSA) is 20.7 Å². The summed E-state index contributed by atoms with van der Waals surface area (Å²) in [6.07, 6.45) is 6.34. The molecule has 1 aliphatic rings. The predicted molar refractivity (Wildman–Crippen MR) is 83.4 cm³/mol. The number of imidazole rings is 1. The average molecular weight is 295 g/mol. The smallest absolute Gasteiger partial charge is 0.178 e. The van der Waals surface area contributed by atoms with Crippen molar-refractivity contribution in [2.45, 2.75) is 45.1 Å². The highest BCUT2D eigenvalue weighted by atomic mass is 35.5. The highest BCUT2D eigenvalue weighted by molar-refractivity contribution is 7.71. The van der Waals surface area contributed by atoms with Crippen LogP contribution in [-0.2, 0) is 0 Å². The van der Waals surface area contributed by atoms with Gasteiger partial charge < -0.3 is 9.55 Å². The summed E-state index contributed by atoms with van der Waals surface area (Å²) < 4.78 is 3.06. The first-order valence-corrected chi connectivity index (χ1v) is 7.88. The summed E-state index contributed by atoms with van der Waals surface area (Å²) >= 11 is 11.9. The SMILES string of the molecule is CCC1CCC(n2c(=S)[nH]c3cccc(Cl)c32)CC1. The number of halogens is 1. The summed E-state index contributed by atoms with van der Waals surface area (Å²) in [5, 5.41) is 0.794. The number of nitrogens with zero attached hydrogens (tertiary/aromatic N) is 1. The van der Waals surface area contributed by atoms with Gasteiger partial charge in [0.2, 0.25) is 0 Å². The third kappa shape index (κ3) is 2.34. The number of aromatic nitrogens is 2. The summed E-state index contributed by atoms with van der Waals surface area (Å²) in [5.41, 5.74) is 2.13. The van der Waals surface area contributed by atoms with Crippen LogP contribution in [0.25, 0.3) is 11.0 Å². The summed E-state index contributed by atoms with van der Waals surface area (Å²) in [7, 11) is 0. The van der Waals surface area contributed by atoms with E-state index in [0.717, 1.165) is 26.7 Å². The Morgan fingerprint density at radius 1 is 1.32 bits per heavy atom. The van der Waals surface area contributed by atoms with E-state index in [9.17, 15) is 0 Å². The van der Waals surface area contributed by atoms with Crippen LogP contribution >= 0.6 is 23.8 Å². The first-order chi connectivity index (χ1) is 9.20. The van der Waals surface area contributed by atoms with Gasteiger partial charge in [-0.1, -0.05) is 31.0 Å². The fourth-order valence-corrected chi connectivity index (χ4v) is 3.91. The number of H-pyrrole nitrogens is 1. The lowest BCUT2D eigenvalue weighted by Gasteiger charge is -2.29. The number of benzene rings is 1. The van der Waals surface area contributed by atoms with Crippen LogP contribution in [0.4, 0.5) is 0 Å². The second kappa shape index (κ2) is 5.29. The van der Waals surface area contributed by atoms with Crippen molar-refractivity contribution in [3.63, 3.8) is 0 Å². The number of nitrogens with one attached hydrogen (secondary N) is 1. The van der Waals surface area contributed by atoms with E-state index in [1.165, 1.54) is 32.1 Å². The molecule has 0 unspecified atom stereocenters. The highest BCUT2D eigenvalue weighted by Crippen LogP contribution is 2.37. The fourth-order valence-electron chi connectivity index (χ4n) is 3.30. The number of hydrogen-bond acceptors (Lipinski definition) is 1. The zero-order valence-corrected chi connectivity index (χ0v) is 12.7. The molecule has 0 atom stereocenters. The Kier molecular flexibility index (Phi) is 3.68. The van der Waals surface area contributed by atoms with Gasteiger partial charge in [-0.2, -0.15) is 0 Å². The average Bonchev–Trinajstić information content (AvgIpc) is 2.76. The molecular weight excluding hydrogens is 276 g/mol. The molecule has 0 amide bonds. The molecule has 1 aliphatic carbocycles. The molecule has 0 spiro atoms. The third-order valence-electron chi connectivity index (χ3n) is 4.45. The summed E-state index contributed by atoms with van der Waals surface area (Å²) in [6, 6.07) is 6.46. The number of para-hydroxylation sites is 1. The van der Waals surface area contributed by atoms with E-state index in [4.69, 9.17) is 23.8 Å². The monoisotopic (exact) mass is 294 g/mol. The quantitative estimate of drug-likeness (QED) is 0.726. The van der Waals surface area contributed by atoms with Crippen molar-refractivity contribution >= 4 is 34.9 Å². The largest absolute Gasteiger partial charge is 0.331 e. The number of fused-ring (bicyclic) bond motifs is 1. The molecule has 1 fully saturated rings. The zero-order valence-electron chi connectivity index (χ0n) is 11.2. The van der Waals surface area contributed by atoms with Crippen LogP contribution in [0, 0.1) is 10.7 Å². The molecule has 1 aromatic carbocycles. The molecular formula is C15H19ClN2S. The van der Waals surface area contributed by atoms with E-state index in [-0.39, 0.29) is 0 Å². The Morgan fingerprint density at radius 3 is 2.74 bits per heavy atom. The molecule has 4 heteroatoms. The van der Waals surface area contributed by atoms with Crippen molar-refractivity contribution in [3.8, 4) is 0 Å². The van der Waals surface area contributed by atoms with Gasteiger partial charge in [-0.3, -0.25) is 0 Å². The van der Waals surface area contributed by atoms with E-state index in [1.807, 2.05) is 18.2 Å². The molecule has 1 aromatic heterocycles. The van der Waals surface area contributed by atoms with Crippen LogP contribution in [0.3, 0.4) is 0 Å². The Labute approximate surface area is 123 Å². The van der Waals surface area contributed by atoms with E-state index >= 15 is 0 Å². The standard InChI is InChI=1S/C15H19ClN2S/c1-2-10-6-8-11(9-7-10)18-14-12(16)4-3-5-13(14)17-15(18)19/h3-5,10-11H,2,6-9H2,1H3,(H,17,19).